The number of carboxylic acids is 1. The Labute approximate surface area is 67.9 Å². The average molecular weight is 156 g/mol. The maximum absolute atomic E-state index is 10.5. The molecule has 1 N–H and O–H groups in total. The molecule has 0 rings (SSSR count). The van der Waals surface area contributed by atoms with Crippen LogP contribution in [0.15, 0.2) is 12.7 Å². The lowest BCUT2D eigenvalue weighted by atomic mass is 9.85. The molecule has 2 nitrogen and oxygen atoms in total. The number of aliphatic carboxylic acids is 1. The van der Waals surface area contributed by atoms with Gasteiger partial charge in [0.2, 0.25) is 0 Å². The van der Waals surface area contributed by atoms with E-state index in [1.54, 1.807) is 13.0 Å². The molecule has 0 heterocycles. The van der Waals surface area contributed by atoms with E-state index in [-0.39, 0.29) is 17.8 Å². The number of allylic oxidation sites excluding steroid dienone is 1. The Bertz CT molecular complexity index is 152. The molecule has 0 aromatic rings. The van der Waals surface area contributed by atoms with E-state index in [1.165, 1.54) is 0 Å². The second-order valence-electron chi connectivity index (χ2n) is 3.08. The Morgan fingerprint density at radius 2 is 1.91 bits per heavy atom. The topological polar surface area (TPSA) is 37.3 Å². The van der Waals surface area contributed by atoms with E-state index >= 15 is 0 Å². The first-order valence-corrected chi connectivity index (χ1v) is 3.86. The summed E-state index contributed by atoms with van der Waals surface area (Å²) in [5, 5.41) is 8.66. The molecule has 64 valence electrons. The van der Waals surface area contributed by atoms with Crippen LogP contribution in [0, 0.1) is 17.8 Å². The zero-order chi connectivity index (χ0) is 9.02. The van der Waals surface area contributed by atoms with Gasteiger partial charge in [0.25, 0.3) is 0 Å². The molecule has 0 aliphatic rings. The summed E-state index contributed by atoms with van der Waals surface area (Å²) in [6.07, 6.45) is 1.80. The van der Waals surface area contributed by atoms with Crippen LogP contribution in [0.1, 0.15) is 20.8 Å². The van der Waals surface area contributed by atoms with Gasteiger partial charge < -0.3 is 5.11 Å². The first kappa shape index (κ1) is 10.2. The van der Waals surface area contributed by atoms with E-state index in [0.29, 0.717) is 0 Å². The van der Waals surface area contributed by atoms with Crippen LogP contribution >= 0.6 is 0 Å². The van der Waals surface area contributed by atoms with Crippen molar-refractivity contribution in [3.63, 3.8) is 0 Å². The molecule has 3 unspecified atom stereocenters. The van der Waals surface area contributed by atoms with Crippen LogP contribution in [0.4, 0.5) is 0 Å². The summed E-state index contributed by atoms with van der Waals surface area (Å²) >= 11 is 0. The van der Waals surface area contributed by atoms with Crippen molar-refractivity contribution in [3.8, 4) is 0 Å². The van der Waals surface area contributed by atoms with Crippen molar-refractivity contribution in [1.82, 2.24) is 0 Å². The van der Waals surface area contributed by atoms with Crippen LogP contribution in [0.5, 0.6) is 0 Å². The minimum absolute atomic E-state index is 0.157. The summed E-state index contributed by atoms with van der Waals surface area (Å²) in [6, 6.07) is 0. The maximum atomic E-state index is 10.5. The molecule has 2 heteroatoms. The molecule has 0 bridgehead atoms. The van der Waals surface area contributed by atoms with Gasteiger partial charge in [0.05, 0.1) is 5.92 Å². The van der Waals surface area contributed by atoms with Gasteiger partial charge in [-0.2, -0.15) is 0 Å². The van der Waals surface area contributed by atoms with Gasteiger partial charge >= 0.3 is 5.97 Å². The van der Waals surface area contributed by atoms with Crippen LogP contribution in [0.3, 0.4) is 0 Å². The fraction of sp³-hybridized carbons (Fsp3) is 0.667. The van der Waals surface area contributed by atoms with Crippen molar-refractivity contribution in [3.05, 3.63) is 12.7 Å². The fourth-order valence-electron chi connectivity index (χ4n) is 0.895. The van der Waals surface area contributed by atoms with E-state index in [0.717, 1.165) is 0 Å². The van der Waals surface area contributed by atoms with Crippen molar-refractivity contribution < 1.29 is 9.90 Å². The number of rotatable bonds is 4. The average Bonchev–Trinajstić information content (AvgIpc) is 2.00. The molecule has 0 saturated carbocycles. The Morgan fingerprint density at radius 1 is 1.45 bits per heavy atom. The standard InChI is InChI=1S/C9H16O2/c1-5-6(2)7(3)8(4)9(10)11/h5-8H,1H2,2-4H3,(H,10,11). The second-order valence-corrected chi connectivity index (χ2v) is 3.08. The first-order chi connectivity index (χ1) is 5.00. The summed E-state index contributed by atoms with van der Waals surface area (Å²) in [7, 11) is 0. The van der Waals surface area contributed by atoms with Gasteiger partial charge in [-0.15, -0.1) is 6.58 Å². The molecular weight excluding hydrogens is 140 g/mol. The lowest BCUT2D eigenvalue weighted by Crippen LogP contribution is -2.22. The van der Waals surface area contributed by atoms with E-state index in [4.69, 9.17) is 5.11 Å². The highest BCUT2D eigenvalue weighted by molar-refractivity contribution is 5.69. The summed E-state index contributed by atoms with van der Waals surface area (Å²) < 4.78 is 0. The Hall–Kier alpha value is -0.790. The van der Waals surface area contributed by atoms with E-state index < -0.39 is 5.97 Å². The molecule has 0 saturated heterocycles. The summed E-state index contributed by atoms with van der Waals surface area (Å²) in [5.74, 6) is -0.597. The molecule has 0 amide bonds. The van der Waals surface area contributed by atoms with Gasteiger partial charge in [0.15, 0.2) is 0 Å². The highest BCUT2D eigenvalue weighted by Crippen LogP contribution is 2.20. The number of carboxylic acid groups (broad SMARTS) is 1. The molecule has 0 aliphatic carbocycles. The van der Waals surface area contributed by atoms with Crippen LogP contribution in [0.2, 0.25) is 0 Å². The van der Waals surface area contributed by atoms with Crippen molar-refractivity contribution in [2.45, 2.75) is 20.8 Å². The number of hydrogen-bond donors (Lipinski definition) is 1. The molecular formula is C9H16O2. The van der Waals surface area contributed by atoms with Gasteiger partial charge in [-0.1, -0.05) is 26.8 Å². The van der Waals surface area contributed by atoms with Gasteiger partial charge in [-0.25, -0.2) is 0 Å². The monoisotopic (exact) mass is 156 g/mol. The minimum atomic E-state index is -0.730. The maximum Gasteiger partial charge on any atom is 0.306 e. The molecule has 0 fully saturated rings. The van der Waals surface area contributed by atoms with E-state index in [2.05, 4.69) is 6.58 Å². The third kappa shape index (κ3) is 2.74. The zero-order valence-corrected chi connectivity index (χ0v) is 7.37. The zero-order valence-electron chi connectivity index (χ0n) is 7.37. The Kier molecular flexibility index (Phi) is 3.86. The van der Waals surface area contributed by atoms with Crippen molar-refractivity contribution >= 4 is 5.97 Å². The van der Waals surface area contributed by atoms with Gasteiger partial charge in [-0.05, 0) is 11.8 Å². The molecule has 0 aromatic heterocycles. The first-order valence-electron chi connectivity index (χ1n) is 3.86. The SMILES string of the molecule is C=CC(C)C(C)C(C)C(=O)O. The van der Waals surface area contributed by atoms with Gasteiger partial charge in [0, 0.05) is 0 Å². The third-order valence-electron chi connectivity index (χ3n) is 2.38. The number of hydrogen-bond acceptors (Lipinski definition) is 1. The summed E-state index contributed by atoms with van der Waals surface area (Å²) in [4.78, 5) is 10.5. The van der Waals surface area contributed by atoms with Crippen molar-refractivity contribution in [2.75, 3.05) is 0 Å². The van der Waals surface area contributed by atoms with Crippen LogP contribution in [0.25, 0.3) is 0 Å². The summed E-state index contributed by atoms with van der Waals surface area (Å²) in [6.45, 7) is 9.28. The van der Waals surface area contributed by atoms with Crippen LogP contribution < -0.4 is 0 Å². The molecule has 11 heavy (non-hydrogen) atoms. The fourth-order valence-corrected chi connectivity index (χ4v) is 0.895. The van der Waals surface area contributed by atoms with Crippen molar-refractivity contribution in [2.24, 2.45) is 17.8 Å². The van der Waals surface area contributed by atoms with E-state index in [9.17, 15) is 4.79 Å². The van der Waals surface area contributed by atoms with E-state index in [1.807, 2.05) is 13.8 Å². The molecule has 0 aliphatic heterocycles. The molecule has 0 spiro atoms. The van der Waals surface area contributed by atoms with Crippen molar-refractivity contribution in [1.29, 1.82) is 0 Å². The third-order valence-corrected chi connectivity index (χ3v) is 2.38. The Balaban J connectivity index is 4.11. The molecule has 0 radical (unpaired) electrons. The van der Waals surface area contributed by atoms with Crippen LogP contribution in [-0.4, -0.2) is 11.1 Å². The predicted octanol–water partition coefficient (Wildman–Crippen LogP) is 2.17. The van der Waals surface area contributed by atoms with Gasteiger partial charge in [0.1, 0.15) is 0 Å². The lowest BCUT2D eigenvalue weighted by molar-refractivity contribution is -0.143. The largest absolute Gasteiger partial charge is 0.481 e. The molecule has 0 aromatic carbocycles. The quantitative estimate of drug-likeness (QED) is 0.633. The highest BCUT2D eigenvalue weighted by atomic mass is 16.4. The number of carbonyl (C=O) groups is 1. The highest BCUT2D eigenvalue weighted by Gasteiger charge is 2.22. The Morgan fingerprint density at radius 3 is 2.18 bits per heavy atom. The summed E-state index contributed by atoms with van der Waals surface area (Å²) in [5.41, 5.74) is 0. The minimum Gasteiger partial charge on any atom is -0.481 e. The normalized spacial score (nSPS) is 18.5. The predicted molar refractivity (Wildman–Crippen MR) is 45.3 cm³/mol. The second kappa shape index (κ2) is 4.16. The van der Waals surface area contributed by atoms with Crippen LogP contribution in [-0.2, 0) is 4.79 Å². The van der Waals surface area contributed by atoms with Gasteiger partial charge in [-0.3, -0.25) is 4.79 Å². The smallest absolute Gasteiger partial charge is 0.306 e. The molecule has 3 atom stereocenters. The lowest BCUT2D eigenvalue weighted by Gasteiger charge is -2.19.